The summed E-state index contributed by atoms with van der Waals surface area (Å²) in [6, 6.07) is 4.98. The van der Waals surface area contributed by atoms with Gasteiger partial charge in [0.05, 0.1) is 0 Å². The van der Waals surface area contributed by atoms with Crippen LogP contribution < -0.4 is 20.1 Å². The summed E-state index contributed by atoms with van der Waals surface area (Å²) in [4.78, 5) is 16.9. The molecule has 1 aromatic heterocycles. The highest BCUT2D eigenvalue weighted by molar-refractivity contribution is 5.90. The van der Waals surface area contributed by atoms with Gasteiger partial charge in [-0.05, 0) is 31.9 Å². The monoisotopic (exact) mass is 344 g/mol. The molecule has 0 atom stereocenters. The Morgan fingerprint density at radius 1 is 1.16 bits per heavy atom. The highest BCUT2D eigenvalue weighted by atomic mass is 16.7. The van der Waals surface area contributed by atoms with E-state index in [0.29, 0.717) is 28.9 Å². The third-order valence-electron chi connectivity index (χ3n) is 4.63. The van der Waals surface area contributed by atoms with Crippen LogP contribution in [0, 0.1) is 6.92 Å². The van der Waals surface area contributed by atoms with Crippen molar-refractivity contribution in [1.29, 1.82) is 0 Å². The number of urea groups is 1. The lowest BCUT2D eigenvalue weighted by atomic mass is 9.81. The van der Waals surface area contributed by atoms with Crippen molar-refractivity contribution in [2.75, 3.05) is 12.1 Å². The Kier molecular flexibility index (Phi) is 3.95. The predicted molar refractivity (Wildman–Crippen MR) is 88.5 cm³/mol. The predicted octanol–water partition coefficient (Wildman–Crippen LogP) is 3.09. The van der Waals surface area contributed by atoms with Crippen molar-refractivity contribution in [1.82, 2.24) is 15.5 Å². The van der Waals surface area contributed by atoms with Crippen molar-refractivity contribution in [3.8, 4) is 11.5 Å². The van der Waals surface area contributed by atoms with E-state index in [1.54, 1.807) is 25.1 Å². The summed E-state index contributed by atoms with van der Waals surface area (Å²) >= 11 is 0. The third kappa shape index (κ3) is 3.11. The van der Waals surface area contributed by atoms with Gasteiger partial charge in [0.25, 0.3) is 5.89 Å². The molecule has 0 saturated heterocycles. The topological polar surface area (TPSA) is 98.5 Å². The number of aromatic nitrogens is 2. The van der Waals surface area contributed by atoms with Crippen LogP contribution in [0.25, 0.3) is 0 Å². The van der Waals surface area contributed by atoms with Gasteiger partial charge in [-0.3, -0.25) is 0 Å². The van der Waals surface area contributed by atoms with Crippen molar-refractivity contribution in [3.63, 3.8) is 0 Å². The lowest BCUT2D eigenvalue weighted by molar-refractivity contribution is 0.173. The third-order valence-corrected chi connectivity index (χ3v) is 4.63. The second kappa shape index (κ2) is 6.27. The molecule has 0 unspecified atom stereocenters. The zero-order valence-corrected chi connectivity index (χ0v) is 14.0. The number of anilines is 1. The number of ether oxygens (including phenoxy) is 2. The zero-order valence-electron chi connectivity index (χ0n) is 14.0. The zero-order chi connectivity index (χ0) is 17.3. The summed E-state index contributed by atoms with van der Waals surface area (Å²) in [6.07, 6.45) is 4.71. The van der Waals surface area contributed by atoms with E-state index < -0.39 is 5.54 Å². The van der Waals surface area contributed by atoms with E-state index in [2.05, 4.69) is 20.8 Å². The molecule has 8 heteroatoms. The fourth-order valence-electron chi connectivity index (χ4n) is 3.39. The lowest BCUT2D eigenvalue weighted by Gasteiger charge is -2.34. The van der Waals surface area contributed by atoms with E-state index >= 15 is 0 Å². The number of amides is 2. The van der Waals surface area contributed by atoms with Gasteiger partial charge < -0.3 is 24.6 Å². The van der Waals surface area contributed by atoms with Gasteiger partial charge in [0, 0.05) is 11.8 Å². The molecule has 2 aliphatic rings. The van der Waals surface area contributed by atoms with Crippen LogP contribution in [0.2, 0.25) is 0 Å². The molecule has 1 aliphatic carbocycles. The van der Waals surface area contributed by atoms with Gasteiger partial charge in [-0.25, -0.2) is 4.79 Å². The molecule has 8 nitrogen and oxygen atoms in total. The molecule has 0 bridgehead atoms. The fraction of sp³-hybridized carbons (Fsp3) is 0.471. The molecule has 1 aromatic carbocycles. The Morgan fingerprint density at radius 3 is 2.72 bits per heavy atom. The molecule has 2 heterocycles. The Morgan fingerprint density at radius 2 is 1.96 bits per heavy atom. The van der Waals surface area contributed by atoms with Crippen LogP contribution >= 0.6 is 0 Å². The first-order valence-electron chi connectivity index (χ1n) is 8.44. The molecule has 1 saturated carbocycles. The minimum absolute atomic E-state index is 0.199. The molecule has 2 amide bonds. The van der Waals surface area contributed by atoms with E-state index in [0.717, 1.165) is 32.1 Å². The van der Waals surface area contributed by atoms with E-state index in [4.69, 9.17) is 14.0 Å². The van der Waals surface area contributed by atoms with Crippen LogP contribution in [0.3, 0.4) is 0 Å². The van der Waals surface area contributed by atoms with Crippen LogP contribution in [0.5, 0.6) is 11.5 Å². The summed E-state index contributed by atoms with van der Waals surface area (Å²) in [7, 11) is 0. The molecule has 0 radical (unpaired) electrons. The normalized spacial score (nSPS) is 18.0. The summed E-state index contributed by atoms with van der Waals surface area (Å²) in [5, 5.41) is 9.78. The van der Waals surface area contributed by atoms with Gasteiger partial charge in [-0.15, -0.1) is 0 Å². The van der Waals surface area contributed by atoms with Gasteiger partial charge in [0.2, 0.25) is 6.79 Å². The largest absolute Gasteiger partial charge is 0.454 e. The number of fused-ring (bicyclic) bond motifs is 1. The second-order valence-corrected chi connectivity index (χ2v) is 6.44. The fourth-order valence-corrected chi connectivity index (χ4v) is 3.39. The molecule has 4 rings (SSSR count). The Balaban J connectivity index is 1.51. The van der Waals surface area contributed by atoms with E-state index in [9.17, 15) is 4.79 Å². The van der Waals surface area contributed by atoms with Crippen molar-refractivity contribution in [2.45, 2.75) is 44.6 Å². The van der Waals surface area contributed by atoms with Crippen molar-refractivity contribution < 1.29 is 18.8 Å². The summed E-state index contributed by atoms with van der Waals surface area (Å²) in [5.41, 5.74) is 0.0225. The maximum atomic E-state index is 12.6. The summed E-state index contributed by atoms with van der Waals surface area (Å²) < 4.78 is 16.0. The first kappa shape index (κ1) is 15.7. The number of carbonyl (C=O) groups is 1. The lowest BCUT2D eigenvalue weighted by Crippen LogP contribution is -2.49. The van der Waals surface area contributed by atoms with Crippen LogP contribution in [0.15, 0.2) is 22.7 Å². The van der Waals surface area contributed by atoms with E-state index in [1.165, 1.54) is 0 Å². The molecule has 0 spiro atoms. The van der Waals surface area contributed by atoms with Gasteiger partial charge in [-0.1, -0.05) is 24.4 Å². The smallest absolute Gasteiger partial charge is 0.320 e. The number of nitrogens with one attached hydrogen (secondary N) is 2. The first-order chi connectivity index (χ1) is 12.1. The van der Waals surface area contributed by atoms with Crippen molar-refractivity contribution >= 4 is 11.7 Å². The number of hydrogen-bond donors (Lipinski definition) is 2. The molecular formula is C17H20N4O4. The van der Waals surface area contributed by atoms with Crippen LogP contribution in [0.4, 0.5) is 10.5 Å². The Labute approximate surface area is 144 Å². The van der Waals surface area contributed by atoms with Gasteiger partial charge >= 0.3 is 6.03 Å². The average Bonchev–Trinajstić information content (AvgIpc) is 3.24. The van der Waals surface area contributed by atoms with Gasteiger partial charge in [0.15, 0.2) is 17.3 Å². The first-order valence-corrected chi connectivity index (χ1v) is 8.44. The van der Waals surface area contributed by atoms with Crippen molar-refractivity contribution in [3.05, 3.63) is 29.9 Å². The van der Waals surface area contributed by atoms with Crippen LogP contribution in [-0.2, 0) is 5.54 Å². The maximum Gasteiger partial charge on any atom is 0.320 e. The van der Waals surface area contributed by atoms with E-state index in [-0.39, 0.29) is 12.8 Å². The van der Waals surface area contributed by atoms with Gasteiger partial charge in [-0.2, -0.15) is 4.98 Å². The average molecular weight is 344 g/mol. The van der Waals surface area contributed by atoms with Gasteiger partial charge in [0.1, 0.15) is 5.54 Å². The number of carbonyl (C=O) groups excluding carboxylic acids is 1. The molecule has 1 aliphatic heterocycles. The van der Waals surface area contributed by atoms with Crippen LogP contribution in [0.1, 0.15) is 43.8 Å². The minimum Gasteiger partial charge on any atom is -0.454 e. The molecule has 132 valence electrons. The quantitative estimate of drug-likeness (QED) is 0.888. The van der Waals surface area contributed by atoms with Crippen molar-refractivity contribution in [2.24, 2.45) is 0 Å². The second-order valence-electron chi connectivity index (χ2n) is 6.44. The Bertz CT molecular complexity index is 783. The highest BCUT2D eigenvalue weighted by Crippen LogP contribution is 2.37. The number of benzene rings is 1. The molecule has 2 N–H and O–H groups in total. The number of hydrogen-bond acceptors (Lipinski definition) is 6. The standard InChI is InChI=1S/C17H20N4O4/c1-11-18-15(25-21-11)17(7-3-2-4-8-17)20-16(22)19-12-5-6-13-14(9-12)24-10-23-13/h5-6,9H,2-4,7-8,10H2,1H3,(H2,19,20,22). The molecule has 1 fully saturated rings. The minimum atomic E-state index is -0.611. The number of nitrogens with zero attached hydrogens (tertiary/aromatic N) is 2. The molecular weight excluding hydrogens is 324 g/mol. The molecule has 2 aromatic rings. The summed E-state index contributed by atoms with van der Waals surface area (Å²) in [6.45, 7) is 1.97. The van der Waals surface area contributed by atoms with E-state index in [1.807, 2.05) is 0 Å². The molecule has 25 heavy (non-hydrogen) atoms. The number of rotatable bonds is 3. The summed E-state index contributed by atoms with van der Waals surface area (Å²) in [5.74, 6) is 2.34. The Hall–Kier alpha value is -2.77. The highest BCUT2D eigenvalue weighted by Gasteiger charge is 2.40. The van der Waals surface area contributed by atoms with Crippen LogP contribution in [-0.4, -0.2) is 23.0 Å². The SMILES string of the molecule is Cc1noc(C2(NC(=O)Nc3ccc4c(c3)OCO4)CCCCC2)n1. The maximum absolute atomic E-state index is 12.6. The number of aryl methyl sites for hydroxylation is 1.